The van der Waals surface area contributed by atoms with Gasteiger partial charge in [-0.15, -0.1) is 5.06 Å². The molecule has 1 aliphatic rings. The first kappa shape index (κ1) is 24.6. The third kappa shape index (κ3) is 8.44. The largest absolute Gasteiger partial charge is 0.528 e. The van der Waals surface area contributed by atoms with Gasteiger partial charge in [-0.2, -0.15) is 0 Å². The Kier molecular flexibility index (Phi) is 8.74. The molecule has 2 unspecified atom stereocenters. The number of rotatable bonds is 8. The van der Waals surface area contributed by atoms with E-state index in [9.17, 15) is 9.90 Å². The van der Waals surface area contributed by atoms with Crippen molar-refractivity contribution in [1.29, 1.82) is 0 Å². The summed E-state index contributed by atoms with van der Waals surface area (Å²) < 4.78 is 16.5. The molecule has 0 aromatic heterocycles. The van der Waals surface area contributed by atoms with Crippen molar-refractivity contribution in [2.75, 3.05) is 26.3 Å². The van der Waals surface area contributed by atoms with E-state index in [0.717, 1.165) is 17.1 Å². The van der Waals surface area contributed by atoms with Crippen LogP contribution >= 0.6 is 0 Å². The van der Waals surface area contributed by atoms with Crippen molar-refractivity contribution >= 4 is 6.16 Å². The van der Waals surface area contributed by atoms with Gasteiger partial charge in [0.2, 0.25) is 0 Å². The van der Waals surface area contributed by atoms with Crippen LogP contribution in [0.15, 0.2) is 66.7 Å². The van der Waals surface area contributed by atoms with E-state index in [4.69, 9.17) is 19.0 Å². The van der Waals surface area contributed by atoms with Gasteiger partial charge >= 0.3 is 6.16 Å². The first-order valence-corrected chi connectivity index (χ1v) is 11.2. The van der Waals surface area contributed by atoms with Crippen molar-refractivity contribution in [3.05, 3.63) is 72.3 Å². The van der Waals surface area contributed by atoms with E-state index in [0.29, 0.717) is 26.2 Å². The highest BCUT2D eigenvalue weighted by atomic mass is 16.8. The molecule has 1 fully saturated rings. The maximum Gasteiger partial charge on any atom is 0.528 e. The fraction of sp³-hybridized carbons (Fsp3) is 0.423. The van der Waals surface area contributed by atoms with Crippen molar-refractivity contribution in [3.63, 3.8) is 0 Å². The average molecular weight is 456 g/mol. The molecule has 3 rings (SSSR count). The summed E-state index contributed by atoms with van der Waals surface area (Å²) >= 11 is 0. The smallest absolute Gasteiger partial charge is 0.490 e. The van der Waals surface area contributed by atoms with Gasteiger partial charge in [-0.1, -0.05) is 30.3 Å². The molecular formula is C26H33NO6. The number of carbonyl (C=O) groups excluding carboxylic acids is 1. The molecule has 0 radical (unpaired) electrons. The monoisotopic (exact) mass is 455 g/mol. The van der Waals surface area contributed by atoms with E-state index in [-0.39, 0.29) is 12.5 Å². The van der Waals surface area contributed by atoms with Crippen LogP contribution in [0, 0.1) is 0 Å². The zero-order chi connectivity index (χ0) is 23.7. The highest BCUT2D eigenvalue weighted by Gasteiger charge is 2.32. The number of carbonyl (C=O) groups is 1. The summed E-state index contributed by atoms with van der Waals surface area (Å²) in [7, 11) is 0. The summed E-state index contributed by atoms with van der Waals surface area (Å²) in [6, 6.07) is 17.4. The van der Waals surface area contributed by atoms with Crippen LogP contribution in [0.1, 0.15) is 38.7 Å². The Labute approximate surface area is 195 Å². The predicted octanol–water partition coefficient (Wildman–Crippen LogP) is 4.72. The van der Waals surface area contributed by atoms with Gasteiger partial charge in [-0.05, 0) is 69.2 Å². The Morgan fingerprint density at radius 1 is 1.00 bits per heavy atom. The number of hydrogen-bond donors (Lipinski definition) is 1. The lowest BCUT2D eigenvalue weighted by atomic mass is 9.88. The number of para-hydroxylation sites is 1. The second-order valence-electron chi connectivity index (χ2n) is 8.88. The van der Waals surface area contributed by atoms with Gasteiger partial charge in [0, 0.05) is 12.5 Å². The molecule has 7 heteroatoms. The molecule has 33 heavy (non-hydrogen) atoms. The number of benzene rings is 2. The quantitative estimate of drug-likeness (QED) is 0.456. The van der Waals surface area contributed by atoms with Gasteiger partial charge in [0.15, 0.2) is 0 Å². The molecule has 0 bridgehead atoms. The molecule has 2 aromatic rings. The lowest BCUT2D eigenvalue weighted by Gasteiger charge is -2.34. The molecule has 1 aliphatic heterocycles. The van der Waals surface area contributed by atoms with Crippen molar-refractivity contribution in [3.8, 4) is 11.5 Å². The SMILES string of the molecule is CC(C)(C)OC(=O)ON1CCC(c2ccc(OC/C=C\COc3ccccc3)cc2)C(O)C1. The number of piperidine rings is 1. The minimum atomic E-state index is -0.754. The van der Waals surface area contributed by atoms with Crippen molar-refractivity contribution < 1.29 is 28.9 Å². The summed E-state index contributed by atoms with van der Waals surface area (Å²) in [5.41, 5.74) is 0.405. The Morgan fingerprint density at radius 2 is 1.61 bits per heavy atom. The number of hydroxylamine groups is 2. The Bertz CT molecular complexity index is 891. The molecule has 0 aliphatic carbocycles. The normalized spacial score (nSPS) is 19.3. The summed E-state index contributed by atoms with van der Waals surface area (Å²) in [5.74, 6) is 1.56. The molecule has 2 atom stereocenters. The van der Waals surface area contributed by atoms with E-state index in [2.05, 4.69) is 0 Å². The highest BCUT2D eigenvalue weighted by Crippen LogP contribution is 2.30. The Hall–Kier alpha value is -3.03. The molecule has 7 nitrogen and oxygen atoms in total. The third-order valence-corrected chi connectivity index (χ3v) is 5.05. The highest BCUT2D eigenvalue weighted by molar-refractivity contribution is 5.60. The molecule has 0 amide bonds. The zero-order valence-electron chi connectivity index (χ0n) is 19.5. The fourth-order valence-electron chi connectivity index (χ4n) is 3.50. The molecule has 0 spiro atoms. The standard InChI is InChI=1S/C26H33NO6/c1-26(2,3)32-25(29)33-27-16-15-23(24(28)19-27)20-11-13-22(14-12-20)31-18-8-7-17-30-21-9-5-4-6-10-21/h4-14,23-24,28H,15-19H2,1-3H3/b8-7-. The second-order valence-corrected chi connectivity index (χ2v) is 8.88. The van der Waals surface area contributed by atoms with Crippen LogP contribution in [-0.4, -0.2) is 54.3 Å². The first-order chi connectivity index (χ1) is 15.8. The van der Waals surface area contributed by atoms with Crippen molar-refractivity contribution in [1.82, 2.24) is 5.06 Å². The number of nitrogens with zero attached hydrogens (tertiary/aromatic N) is 1. The van der Waals surface area contributed by atoms with E-state index in [1.54, 1.807) is 20.8 Å². The van der Waals surface area contributed by atoms with Crippen LogP contribution in [0.3, 0.4) is 0 Å². The zero-order valence-corrected chi connectivity index (χ0v) is 19.5. The molecule has 1 heterocycles. The van der Waals surface area contributed by atoms with Crippen molar-refractivity contribution in [2.24, 2.45) is 0 Å². The van der Waals surface area contributed by atoms with Crippen LogP contribution < -0.4 is 9.47 Å². The number of hydrogen-bond acceptors (Lipinski definition) is 7. The number of aliphatic hydroxyl groups is 1. The maximum absolute atomic E-state index is 11.8. The number of β-amino-alcohol motifs (C(OH)–C–C–N with tert-alkyl or cyclic N) is 1. The first-order valence-electron chi connectivity index (χ1n) is 11.2. The van der Waals surface area contributed by atoms with Gasteiger partial charge in [0.05, 0.1) is 12.6 Å². The van der Waals surface area contributed by atoms with Crippen molar-refractivity contribution in [2.45, 2.75) is 44.8 Å². The van der Waals surface area contributed by atoms with Gasteiger partial charge in [0.25, 0.3) is 0 Å². The van der Waals surface area contributed by atoms with Crippen LogP contribution in [0.25, 0.3) is 0 Å². The Balaban J connectivity index is 1.39. The Morgan fingerprint density at radius 3 is 2.18 bits per heavy atom. The van der Waals surface area contributed by atoms with E-state index < -0.39 is 17.9 Å². The molecule has 1 saturated heterocycles. The van der Waals surface area contributed by atoms with E-state index >= 15 is 0 Å². The minimum absolute atomic E-state index is 0.0347. The summed E-state index contributed by atoms with van der Waals surface area (Å²) in [6.45, 7) is 7.02. The molecule has 0 saturated carbocycles. The molecular weight excluding hydrogens is 422 g/mol. The third-order valence-electron chi connectivity index (χ3n) is 5.05. The molecule has 2 aromatic carbocycles. The molecule has 1 N–H and O–H groups in total. The van der Waals surface area contributed by atoms with Gasteiger partial charge < -0.3 is 24.2 Å². The lowest BCUT2D eigenvalue weighted by molar-refractivity contribution is -0.170. The van der Waals surface area contributed by atoms with E-state index in [1.165, 1.54) is 5.06 Å². The number of aliphatic hydroxyl groups excluding tert-OH is 1. The van der Waals surface area contributed by atoms with Gasteiger partial charge in [0.1, 0.15) is 30.3 Å². The summed E-state index contributed by atoms with van der Waals surface area (Å²) in [4.78, 5) is 17.1. The lowest BCUT2D eigenvalue weighted by Crippen LogP contribution is -2.44. The van der Waals surface area contributed by atoms with E-state index in [1.807, 2.05) is 66.7 Å². The fourth-order valence-corrected chi connectivity index (χ4v) is 3.50. The second kappa shape index (κ2) is 11.7. The van der Waals surface area contributed by atoms with Crippen LogP contribution in [0.2, 0.25) is 0 Å². The minimum Gasteiger partial charge on any atom is -0.490 e. The molecule has 178 valence electrons. The van der Waals surface area contributed by atoms with Crippen LogP contribution in [0.5, 0.6) is 11.5 Å². The summed E-state index contributed by atoms with van der Waals surface area (Å²) in [5, 5.41) is 12.0. The maximum atomic E-state index is 11.8. The van der Waals surface area contributed by atoms with Gasteiger partial charge in [-0.3, -0.25) is 0 Å². The summed E-state index contributed by atoms with van der Waals surface area (Å²) in [6.07, 6.45) is 3.09. The topological polar surface area (TPSA) is 77.5 Å². The average Bonchev–Trinajstić information content (AvgIpc) is 2.76. The number of ether oxygens (including phenoxy) is 3. The van der Waals surface area contributed by atoms with Crippen LogP contribution in [-0.2, 0) is 9.57 Å². The van der Waals surface area contributed by atoms with Crippen LogP contribution in [0.4, 0.5) is 4.79 Å². The van der Waals surface area contributed by atoms with Gasteiger partial charge in [-0.25, -0.2) is 4.79 Å². The predicted molar refractivity (Wildman–Crippen MR) is 125 cm³/mol.